The zero-order valence-electron chi connectivity index (χ0n) is 17.8. The summed E-state index contributed by atoms with van der Waals surface area (Å²) in [5, 5.41) is 11.0. The van der Waals surface area contributed by atoms with Crippen molar-refractivity contribution in [3.63, 3.8) is 0 Å². The molecule has 0 aliphatic heterocycles. The van der Waals surface area contributed by atoms with Crippen LogP contribution in [0.5, 0.6) is 5.75 Å². The van der Waals surface area contributed by atoms with Gasteiger partial charge in [0.1, 0.15) is 5.75 Å². The standard InChI is InChI=1S/C24H38O4/c1-3-5-6-7-8-9-19-27-22-12-10-21(11-13-22)24(26)16-14-20(15-17-24)23(25)28-18-4-2/h10-13,20,26H,3-9,14-19H2,1-2H3. The van der Waals surface area contributed by atoms with E-state index in [1.54, 1.807) is 0 Å². The summed E-state index contributed by atoms with van der Waals surface area (Å²) in [5.41, 5.74) is 0.0686. The van der Waals surface area contributed by atoms with Gasteiger partial charge in [0.05, 0.1) is 24.7 Å². The van der Waals surface area contributed by atoms with E-state index in [4.69, 9.17) is 9.47 Å². The molecule has 0 aromatic heterocycles. The molecule has 2 rings (SSSR count). The van der Waals surface area contributed by atoms with Crippen LogP contribution in [0, 0.1) is 5.92 Å². The van der Waals surface area contributed by atoms with Gasteiger partial charge in [-0.2, -0.15) is 0 Å². The molecule has 1 saturated carbocycles. The molecule has 0 bridgehead atoms. The summed E-state index contributed by atoms with van der Waals surface area (Å²) in [6, 6.07) is 7.83. The lowest BCUT2D eigenvalue weighted by atomic mass is 9.75. The van der Waals surface area contributed by atoms with Crippen LogP contribution in [-0.2, 0) is 15.1 Å². The summed E-state index contributed by atoms with van der Waals surface area (Å²) in [5.74, 6) is 0.673. The molecular formula is C24H38O4. The molecule has 1 aliphatic rings. The first-order valence-electron chi connectivity index (χ1n) is 11.2. The van der Waals surface area contributed by atoms with Crippen molar-refractivity contribution in [2.24, 2.45) is 5.92 Å². The van der Waals surface area contributed by atoms with Crippen LogP contribution in [0.1, 0.15) is 90.0 Å². The number of carbonyl (C=O) groups excluding carboxylic acids is 1. The maximum absolute atomic E-state index is 12.0. The van der Waals surface area contributed by atoms with E-state index < -0.39 is 5.60 Å². The highest BCUT2D eigenvalue weighted by atomic mass is 16.5. The Bertz CT molecular complexity index is 558. The second-order valence-electron chi connectivity index (χ2n) is 8.11. The van der Waals surface area contributed by atoms with Crippen LogP contribution in [0.4, 0.5) is 0 Å². The lowest BCUT2D eigenvalue weighted by molar-refractivity contribution is -0.151. The average molecular weight is 391 g/mol. The lowest BCUT2D eigenvalue weighted by Gasteiger charge is -2.35. The molecular weight excluding hydrogens is 352 g/mol. The summed E-state index contributed by atoms with van der Waals surface area (Å²) in [6.45, 7) is 5.46. The predicted octanol–water partition coefficient (Wildman–Crippen LogP) is 5.76. The van der Waals surface area contributed by atoms with Gasteiger partial charge >= 0.3 is 5.97 Å². The number of hydrogen-bond acceptors (Lipinski definition) is 4. The second-order valence-corrected chi connectivity index (χ2v) is 8.11. The lowest BCUT2D eigenvalue weighted by Crippen LogP contribution is -2.34. The van der Waals surface area contributed by atoms with Gasteiger partial charge in [0.15, 0.2) is 0 Å². The Kier molecular flexibility index (Phi) is 9.83. The van der Waals surface area contributed by atoms with E-state index >= 15 is 0 Å². The number of hydrogen-bond donors (Lipinski definition) is 1. The van der Waals surface area contributed by atoms with E-state index in [1.165, 1.54) is 32.1 Å². The van der Waals surface area contributed by atoms with Crippen molar-refractivity contribution >= 4 is 5.97 Å². The highest BCUT2D eigenvalue weighted by Crippen LogP contribution is 2.40. The monoisotopic (exact) mass is 390 g/mol. The molecule has 1 N–H and O–H groups in total. The van der Waals surface area contributed by atoms with Gasteiger partial charge in [-0.3, -0.25) is 4.79 Å². The van der Waals surface area contributed by atoms with Crippen LogP contribution >= 0.6 is 0 Å². The minimum Gasteiger partial charge on any atom is -0.494 e. The zero-order chi connectivity index (χ0) is 20.2. The minimum atomic E-state index is -0.848. The first kappa shape index (κ1) is 22.7. The van der Waals surface area contributed by atoms with Crippen molar-refractivity contribution in [3.05, 3.63) is 29.8 Å². The molecule has 0 unspecified atom stereocenters. The third kappa shape index (κ3) is 7.12. The van der Waals surface area contributed by atoms with Crippen LogP contribution in [0.15, 0.2) is 24.3 Å². The zero-order valence-corrected chi connectivity index (χ0v) is 17.8. The van der Waals surface area contributed by atoms with Gasteiger partial charge in [-0.1, -0.05) is 58.1 Å². The fraction of sp³-hybridized carbons (Fsp3) is 0.708. The van der Waals surface area contributed by atoms with Gasteiger partial charge in [-0.05, 0) is 56.2 Å². The van der Waals surface area contributed by atoms with Crippen LogP contribution in [0.25, 0.3) is 0 Å². The van der Waals surface area contributed by atoms with Gasteiger partial charge in [-0.15, -0.1) is 0 Å². The van der Waals surface area contributed by atoms with Gasteiger partial charge < -0.3 is 14.6 Å². The molecule has 4 nitrogen and oxygen atoms in total. The first-order valence-corrected chi connectivity index (χ1v) is 11.2. The van der Waals surface area contributed by atoms with Crippen molar-refractivity contribution in [3.8, 4) is 5.75 Å². The Morgan fingerprint density at radius 2 is 1.61 bits per heavy atom. The summed E-state index contributed by atoms with van der Waals surface area (Å²) >= 11 is 0. The molecule has 1 aromatic rings. The normalized spacial score (nSPS) is 22.0. The summed E-state index contributed by atoms with van der Waals surface area (Å²) in [4.78, 5) is 12.0. The second kappa shape index (κ2) is 12.1. The van der Waals surface area contributed by atoms with Crippen molar-refractivity contribution in [1.82, 2.24) is 0 Å². The van der Waals surface area contributed by atoms with Gasteiger partial charge in [-0.25, -0.2) is 0 Å². The third-order valence-corrected chi connectivity index (χ3v) is 5.75. The SMILES string of the molecule is CCCCCCCCOc1ccc(C2(O)CCC(C(=O)OCCC)CC2)cc1. The summed E-state index contributed by atoms with van der Waals surface area (Å²) in [6.07, 6.45) is 10.9. The average Bonchev–Trinajstić information content (AvgIpc) is 2.72. The Balaban J connectivity index is 1.74. The number of carbonyl (C=O) groups is 1. The van der Waals surface area contributed by atoms with Gasteiger partial charge in [0, 0.05) is 0 Å². The maximum atomic E-state index is 12.0. The van der Waals surface area contributed by atoms with Crippen molar-refractivity contribution in [1.29, 1.82) is 0 Å². The van der Waals surface area contributed by atoms with Crippen molar-refractivity contribution in [2.45, 2.75) is 90.1 Å². The minimum absolute atomic E-state index is 0.0771. The van der Waals surface area contributed by atoms with E-state index in [0.29, 0.717) is 32.3 Å². The highest BCUT2D eigenvalue weighted by molar-refractivity contribution is 5.72. The largest absolute Gasteiger partial charge is 0.494 e. The fourth-order valence-electron chi connectivity index (χ4n) is 3.87. The quantitative estimate of drug-likeness (QED) is 0.364. The Labute approximate surface area is 170 Å². The van der Waals surface area contributed by atoms with E-state index in [2.05, 4.69) is 6.92 Å². The van der Waals surface area contributed by atoms with E-state index in [0.717, 1.165) is 30.8 Å². The fourth-order valence-corrected chi connectivity index (χ4v) is 3.87. The number of aliphatic hydroxyl groups is 1. The third-order valence-electron chi connectivity index (χ3n) is 5.75. The number of unbranched alkanes of at least 4 members (excludes halogenated alkanes) is 5. The van der Waals surface area contributed by atoms with Gasteiger partial charge in [0.25, 0.3) is 0 Å². The Morgan fingerprint density at radius 1 is 0.964 bits per heavy atom. The summed E-state index contributed by atoms with van der Waals surface area (Å²) in [7, 11) is 0. The van der Waals surface area contributed by atoms with Gasteiger partial charge in [0.2, 0.25) is 0 Å². The highest BCUT2D eigenvalue weighted by Gasteiger charge is 2.37. The molecule has 0 atom stereocenters. The molecule has 1 fully saturated rings. The van der Waals surface area contributed by atoms with Crippen LogP contribution in [0.3, 0.4) is 0 Å². The van der Waals surface area contributed by atoms with Crippen LogP contribution in [0.2, 0.25) is 0 Å². The molecule has 4 heteroatoms. The molecule has 0 amide bonds. The molecule has 28 heavy (non-hydrogen) atoms. The predicted molar refractivity (Wildman–Crippen MR) is 112 cm³/mol. The van der Waals surface area contributed by atoms with Crippen LogP contribution in [-0.4, -0.2) is 24.3 Å². The maximum Gasteiger partial charge on any atom is 0.308 e. The summed E-state index contributed by atoms with van der Waals surface area (Å²) < 4.78 is 11.1. The van der Waals surface area contributed by atoms with Crippen molar-refractivity contribution in [2.75, 3.05) is 13.2 Å². The Hall–Kier alpha value is -1.55. The molecule has 1 aromatic carbocycles. The molecule has 0 heterocycles. The van der Waals surface area contributed by atoms with E-state index in [-0.39, 0.29) is 11.9 Å². The molecule has 0 saturated heterocycles. The molecule has 158 valence electrons. The van der Waals surface area contributed by atoms with E-state index in [9.17, 15) is 9.90 Å². The topological polar surface area (TPSA) is 55.8 Å². The molecule has 1 aliphatic carbocycles. The smallest absolute Gasteiger partial charge is 0.308 e. The first-order chi connectivity index (χ1) is 13.6. The van der Waals surface area contributed by atoms with Crippen LogP contribution < -0.4 is 4.74 Å². The molecule has 0 radical (unpaired) electrons. The van der Waals surface area contributed by atoms with Crippen molar-refractivity contribution < 1.29 is 19.4 Å². The van der Waals surface area contributed by atoms with E-state index in [1.807, 2.05) is 31.2 Å². The number of rotatable bonds is 12. The number of ether oxygens (including phenoxy) is 2. The Morgan fingerprint density at radius 3 is 2.25 bits per heavy atom. The molecule has 0 spiro atoms. The number of esters is 1. The number of benzene rings is 1.